The standard InChI is InChI=1S/C30H39N5O3/c31-28-27-26(22-2-1-3-25(16-22)37-19-30-10-8-24(38-30)9-11-30)18-35(29(27)33-20-32-28)23-6-4-21(5-7-23)17-34-12-14-36-15-13-34/h1-3,16,18,20-21,23-24H,4-15,17,19H2,(H2,31,32,33). The Morgan fingerprint density at radius 1 is 1.03 bits per heavy atom. The van der Waals surface area contributed by atoms with Crippen LogP contribution < -0.4 is 10.5 Å². The van der Waals surface area contributed by atoms with Crippen molar-refractivity contribution in [3.05, 3.63) is 36.8 Å². The molecule has 2 N–H and O–H groups in total. The molecule has 1 aromatic carbocycles. The number of nitrogens with two attached hydrogens (primary N) is 1. The van der Waals surface area contributed by atoms with E-state index in [1.54, 1.807) is 6.33 Å². The molecule has 1 saturated carbocycles. The van der Waals surface area contributed by atoms with Gasteiger partial charge < -0.3 is 24.5 Å². The van der Waals surface area contributed by atoms with E-state index in [4.69, 9.17) is 24.9 Å². The first-order valence-corrected chi connectivity index (χ1v) is 14.5. The van der Waals surface area contributed by atoms with Crippen molar-refractivity contribution < 1.29 is 14.2 Å². The van der Waals surface area contributed by atoms with E-state index < -0.39 is 0 Å². The number of benzene rings is 1. The van der Waals surface area contributed by atoms with Crippen LogP contribution in [-0.4, -0.2) is 70.6 Å². The van der Waals surface area contributed by atoms with Gasteiger partial charge in [-0.05, 0) is 75.0 Å². The van der Waals surface area contributed by atoms with Crippen molar-refractivity contribution in [2.24, 2.45) is 5.92 Å². The summed E-state index contributed by atoms with van der Waals surface area (Å²) in [6.45, 7) is 5.69. The van der Waals surface area contributed by atoms with Gasteiger partial charge in [-0.25, -0.2) is 9.97 Å². The number of nitrogens with zero attached hydrogens (tertiary/aromatic N) is 4. The molecule has 7 rings (SSSR count). The van der Waals surface area contributed by atoms with Gasteiger partial charge in [0.05, 0.1) is 24.7 Å². The van der Waals surface area contributed by atoms with E-state index in [9.17, 15) is 0 Å². The Morgan fingerprint density at radius 2 is 1.84 bits per heavy atom. The molecule has 3 aromatic rings. The number of nitrogen functional groups attached to an aromatic ring is 1. The van der Waals surface area contributed by atoms with Crippen molar-refractivity contribution in [2.75, 3.05) is 45.2 Å². The molecule has 5 heterocycles. The molecule has 1 aliphatic carbocycles. The maximum absolute atomic E-state index is 6.45. The lowest BCUT2D eigenvalue weighted by Crippen LogP contribution is -2.40. The van der Waals surface area contributed by atoms with Gasteiger partial charge in [-0.3, -0.25) is 4.90 Å². The van der Waals surface area contributed by atoms with Gasteiger partial charge in [-0.15, -0.1) is 0 Å². The zero-order chi connectivity index (χ0) is 25.5. The maximum atomic E-state index is 6.45. The first-order valence-electron chi connectivity index (χ1n) is 14.5. The van der Waals surface area contributed by atoms with Gasteiger partial charge in [0.25, 0.3) is 0 Å². The van der Waals surface area contributed by atoms with E-state index in [0.29, 0.717) is 24.6 Å². The summed E-state index contributed by atoms with van der Waals surface area (Å²) in [6, 6.07) is 8.79. The number of rotatable bonds is 7. The van der Waals surface area contributed by atoms with Gasteiger partial charge in [-0.1, -0.05) is 12.1 Å². The van der Waals surface area contributed by atoms with Crippen LogP contribution in [-0.2, 0) is 9.47 Å². The van der Waals surface area contributed by atoms with Crippen molar-refractivity contribution in [3.63, 3.8) is 0 Å². The molecular weight excluding hydrogens is 478 g/mol. The summed E-state index contributed by atoms with van der Waals surface area (Å²) < 4.78 is 20.4. The van der Waals surface area contributed by atoms with Crippen LogP contribution >= 0.6 is 0 Å². The van der Waals surface area contributed by atoms with Crippen LogP contribution in [0.25, 0.3) is 22.2 Å². The van der Waals surface area contributed by atoms with Crippen molar-refractivity contribution in [2.45, 2.75) is 69.1 Å². The molecule has 0 amide bonds. The summed E-state index contributed by atoms with van der Waals surface area (Å²) in [5.41, 5.74) is 9.47. The molecule has 0 spiro atoms. The average Bonchev–Trinajstić information content (AvgIpc) is 3.68. The van der Waals surface area contributed by atoms with Crippen LogP contribution in [0, 0.1) is 5.92 Å². The van der Waals surface area contributed by atoms with Crippen LogP contribution in [0.4, 0.5) is 5.82 Å². The quantitative estimate of drug-likeness (QED) is 0.480. The van der Waals surface area contributed by atoms with Gasteiger partial charge in [0, 0.05) is 37.4 Å². The fourth-order valence-electron chi connectivity index (χ4n) is 7.21. The molecule has 4 aliphatic rings. The summed E-state index contributed by atoms with van der Waals surface area (Å²) in [4.78, 5) is 11.6. The second kappa shape index (κ2) is 10.1. The third-order valence-electron chi connectivity index (χ3n) is 9.38. The lowest BCUT2D eigenvalue weighted by molar-refractivity contribution is -0.0198. The van der Waals surface area contributed by atoms with Crippen molar-refractivity contribution in [1.82, 2.24) is 19.4 Å². The monoisotopic (exact) mass is 517 g/mol. The molecule has 38 heavy (non-hydrogen) atoms. The lowest BCUT2D eigenvalue weighted by atomic mass is 9.85. The third kappa shape index (κ3) is 4.67. The number of anilines is 1. The Kier molecular flexibility index (Phi) is 6.50. The maximum Gasteiger partial charge on any atom is 0.146 e. The van der Waals surface area contributed by atoms with E-state index in [1.165, 1.54) is 19.4 Å². The van der Waals surface area contributed by atoms with Crippen LogP contribution in [0.2, 0.25) is 0 Å². The van der Waals surface area contributed by atoms with Gasteiger partial charge in [0.1, 0.15) is 35.7 Å². The summed E-state index contributed by atoms with van der Waals surface area (Å²) >= 11 is 0. The molecule has 4 fully saturated rings. The van der Waals surface area contributed by atoms with Crippen molar-refractivity contribution in [1.29, 1.82) is 0 Å². The van der Waals surface area contributed by atoms with Gasteiger partial charge >= 0.3 is 0 Å². The topological polar surface area (TPSA) is 87.7 Å². The Balaban J connectivity index is 1.10. The number of fused-ring (bicyclic) bond motifs is 3. The Morgan fingerprint density at radius 3 is 2.61 bits per heavy atom. The minimum atomic E-state index is -0.0877. The van der Waals surface area contributed by atoms with E-state index >= 15 is 0 Å². The highest BCUT2D eigenvalue weighted by Gasteiger charge is 2.46. The molecule has 3 aliphatic heterocycles. The molecule has 0 unspecified atom stereocenters. The molecule has 3 saturated heterocycles. The Hall–Kier alpha value is -2.68. The van der Waals surface area contributed by atoms with Gasteiger partial charge in [0.15, 0.2) is 0 Å². The van der Waals surface area contributed by atoms with Crippen LogP contribution in [0.5, 0.6) is 5.75 Å². The van der Waals surface area contributed by atoms with E-state index in [2.05, 4.69) is 38.8 Å². The largest absolute Gasteiger partial charge is 0.491 e. The number of aromatic nitrogens is 3. The number of morpholine rings is 1. The highest BCUT2D eigenvalue weighted by molar-refractivity contribution is 6.00. The van der Waals surface area contributed by atoms with Gasteiger partial charge in [0.2, 0.25) is 0 Å². The van der Waals surface area contributed by atoms with Crippen molar-refractivity contribution in [3.8, 4) is 16.9 Å². The lowest BCUT2D eigenvalue weighted by Gasteiger charge is -2.34. The predicted molar refractivity (Wildman–Crippen MR) is 147 cm³/mol. The second-order valence-corrected chi connectivity index (χ2v) is 11.8. The predicted octanol–water partition coefficient (Wildman–Crippen LogP) is 4.83. The third-order valence-corrected chi connectivity index (χ3v) is 9.38. The summed E-state index contributed by atoms with van der Waals surface area (Å²) in [5.74, 6) is 2.17. The first kappa shape index (κ1) is 24.4. The Bertz CT molecular complexity index is 1270. The minimum Gasteiger partial charge on any atom is -0.491 e. The van der Waals surface area contributed by atoms with E-state index in [0.717, 1.165) is 98.7 Å². The minimum absolute atomic E-state index is 0.0877. The van der Waals surface area contributed by atoms with E-state index in [-0.39, 0.29) is 5.60 Å². The average molecular weight is 518 g/mol. The molecule has 2 bridgehead atoms. The fourth-order valence-corrected chi connectivity index (χ4v) is 7.21. The first-order chi connectivity index (χ1) is 18.7. The zero-order valence-electron chi connectivity index (χ0n) is 22.2. The second-order valence-electron chi connectivity index (χ2n) is 11.8. The molecule has 0 radical (unpaired) electrons. The van der Waals surface area contributed by atoms with Gasteiger partial charge in [-0.2, -0.15) is 0 Å². The smallest absolute Gasteiger partial charge is 0.146 e. The zero-order valence-corrected chi connectivity index (χ0v) is 22.2. The highest BCUT2D eigenvalue weighted by Crippen LogP contribution is 2.44. The van der Waals surface area contributed by atoms with Crippen LogP contribution in [0.1, 0.15) is 57.4 Å². The van der Waals surface area contributed by atoms with Crippen molar-refractivity contribution >= 4 is 16.9 Å². The SMILES string of the molecule is Nc1ncnc2c1c(-c1cccc(OCC34CCC(CC3)O4)c1)cn2C1CCC(CN2CCOCC2)CC1. The fraction of sp³-hybridized carbons (Fsp3) is 0.600. The molecule has 0 atom stereocenters. The molecule has 202 valence electrons. The molecular formula is C30H39N5O3. The molecule has 8 nitrogen and oxygen atoms in total. The molecule has 2 aromatic heterocycles. The summed E-state index contributed by atoms with van der Waals surface area (Å²) in [6.07, 6.45) is 13.6. The van der Waals surface area contributed by atoms with E-state index in [1.807, 2.05) is 6.07 Å². The van der Waals surface area contributed by atoms with Crippen LogP contribution in [0.3, 0.4) is 0 Å². The summed E-state index contributed by atoms with van der Waals surface area (Å²) in [5, 5.41) is 0.941. The Labute approximate surface area is 224 Å². The summed E-state index contributed by atoms with van der Waals surface area (Å²) in [7, 11) is 0. The highest BCUT2D eigenvalue weighted by atomic mass is 16.6. The number of ether oxygens (including phenoxy) is 3. The number of hydrogen-bond donors (Lipinski definition) is 1. The number of hydrogen-bond acceptors (Lipinski definition) is 7. The molecule has 8 heteroatoms. The normalized spacial score (nSPS) is 29.7. The van der Waals surface area contributed by atoms with Crippen LogP contribution in [0.15, 0.2) is 36.8 Å².